The van der Waals surface area contributed by atoms with Gasteiger partial charge >= 0.3 is 0 Å². The lowest BCUT2D eigenvalue weighted by Gasteiger charge is -2.11. The number of benzene rings is 1. The van der Waals surface area contributed by atoms with Gasteiger partial charge in [-0.25, -0.2) is 4.68 Å². The van der Waals surface area contributed by atoms with Gasteiger partial charge < -0.3 is 0 Å². The first-order valence-corrected chi connectivity index (χ1v) is 7.26. The summed E-state index contributed by atoms with van der Waals surface area (Å²) < 4.78 is 1.94. The van der Waals surface area contributed by atoms with Crippen molar-refractivity contribution in [3.63, 3.8) is 0 Å². The fourth-order valence-corrected chi connectivity index (χ4v) is 3.81. The Kier molecular flexibility index (Phi) is 2.32. The van der Waals surface area contributed by atoms with E-state index in [2.05, 4.69) is 29.0 Å². The monoisotopic (exact) mass is 267 g/mol. The van der Waals surface area contributed by atoms with Crippen LogP contribution in [-0.4, -0.2) is 15.0 Å². The number of nitrogens with zero attached hydrogens (tertiary/aromatic N) is 3. The van der Waals surface area contributed by atoms with Gasteiger partial charge in [0.25, 0.3) is 0 Å². The highest BCUT2D eigenvalue weighted by atomic mass is 32.1. The molecule has 0 saturated carbocycles. The van der Waals surface area contributed by atoms with Crippen molar-refractivity contribution in [1.82, 2.24) is 15.0 Å². The van der Waals surface area contributed by atoms with Crippen LogP contribution in [0.4, 0.5) is 0 Å². The summed E-state index contributed by atoms with van der Waals surface area (Å²) in [5.74, 6) is 0. The largest absolute Gasteiger partial charge is 0.203 e. The number of hydrogen-bond donors (Lipinski definition) is 0. The van der Waals surface area contributed by atoms with E-state index >= 15 is 0 Å². The molecule has 0 spiro atoms. The van der Waals surface area contributed by atoms with Crippen LogP contribution >= 0.6 is 11.3 Å². The molecule has 0 saturated heterocycles. The quantitative estimate of drug-likeness (QED) is 0.671. The third kappa shape index (κ3) is 1.64. The first-order valence-electron chi connectivity index (χ1n) is 6.44. The molecule has 1 aromatic carbocycles. The lowest BCUT2D eigenvalue weighted by molar-refractivity contribution is 0.821. The van der Waals surface area contributed by atoms with Crippen LogP contribution in [0.2, 0.25) is 0 Å². The smallest absolute Gasteiger partial charge is 0.120 e. The number of para-hydroxylation sites is 1. The summed E-state index contributed by atoms with van der Waals surface area (Å²) in [5, 5.41) is 9.64. The van der Waals surface area contributed by atoms with Crippen molar-refractivity contribution in [2.45, 2.75) is 19.3 Å². The van der Waals surface area contributed by atoms with Gasteiger partial charge in [0.1, 0.15) is 10.5 Å². The molecule has 4 rings (SSSR count). The third-order valence-electron chi connectivity index (χ3n) is 3.60. The molecule has 1 aliphatic rings. The van der Waals surface area contributed by atoms with E-state index in [9.17, 15) is 0 Å². The lowest BCUT2D eigenvalue weighted by atomic mass is 9.96. The Labute approximate surface area is 115 Å². The van der Waals surface area contributed by atoms with Crippen molar-refractivity contribution in [2.24, 2.45) is 0 Å². The Hall–Kier alpha value is -1.94. The molecule has 3 nitrogen and oxygen atoms in total. The Morgan fingerprint density at radius 1 is 1.21 bits per heavy atom. The minimum atomic E-state index is 0.938. The van der Waals surface area contributed by atoms with Gasteiger partial charge in [-0.1, -0.05) is 23.9 Å². The molecule has 19 heavy (non-hydrogen) atoms. The summed E-state index contributed by atoms with van der Waals surface area (Å²) >= 11 is 1.78. The van der Waals surface area contributed by atoms with Gasteiger partial charge in [-0.15, -0.1) is 16.4 Å². The predicted octanol–water partition coefficient (Wildman–Crippen LogP) is 3.83. The Morgan fingerprint density at radius 3 is 3.00 bits per heavy atom. The molecule has 3 aromatic rings. The van der Waals surface area contributed by atoms with Crippen molar-refractivity contribution >= 4 is 27.9 Å². The summed E-state index contributed by atoms with van der Waals surface area (Å²) in [4.78, 5) is 1.35. The first-order chi connectivity index (χ1) is 9.33. The number of allylic oxidation sites excluding steroid dienone is 1. The normalized spacial score (nSPS) is 14.8. The maximum atomic E-state index is 4.28. The van der Waals surface area contributed by atoms with Gasteiger partial charge in [0.05, 0.1) is 5.52 Å². The fourth-order valence-electron chi connectivity index (χ4n) is 2.64. The van der Waals surface area contributed by atoms with Crippen LogP contribution in [0, 0.1) is 0 Å². The van der Waals surface area contributed by atoms with E-state index in [-0.39, 0.29) is 0 Å². The number of fused-ring (bicyclic) bond motifs is 2. The Balaban J connectivity index is 1.91. The first kappa shape index (κ1) is 10.9. The van der Waals surface area contributed by atoms with E-state index in [1.54, 1.807) is 11.3 Å². The standard InChI is InChI=1S/C15H13N3S/c1-10-5-4-6-11-9-14(19-15(10)11)18-13-8-3-2-7-12(13)16-17-18/h2-3,7-9H,1,4-6H2. The van der Waals surface area contributed by atoms with E-state index < -0.39 is 0 Å². The predicted molar refractivity (Wildman–Crippen MR) is 78.7 cm³/mol. The molecule has 0 N–H and O–H groups in total. The van der Waals surface area contributed by atoms with E-state index in [0.717, 1.165) is 28.9 Å². The molecule has 1 aliphatic carbocycles. The highest BCUT2D eigenvalue weighted by Crippen LogP contribution is 2.37. The number of aromatic nitrogens is 3. The van der Waals surface area contributed by atoms with Crippen LogP contribution in [0.15, 0.2) is 36.9 Å². The van der Waals surface area contributed by atoms with Gasteiger partial charge in [0.2, 0.25) is 0 Å². The zero-order valence-electron chi connectivity index (χ0n) is 10.5. The molecule has 0 fully saturated rings. The maximum absolute atomic E-state index is 4.28. The van der Waals surface area contributed by atoms with Crippen LogP contribution in [0.1, 0.15) is 23.3 Å². The zero-order chi connectivity index (χ0) is 12.8. The SMILES string of the molecule is C=C1CCCc2cc(-n3nnc4ccccc43)sc21. The number of thiophene rings is 1. The summed E-state index contributed by atoms with van der Waals surface area (Å²) in [6.45, 7) is 4.18. The second kappa shape index (κ2) is 4.03. The molecule has 0 bridgehead atoms. The van der Waals surface area contributed by atoms with E-state index in [1.165, 1.54) is 22.4 Å². The fraction of sp³-hybridized carbons (Fsp3) is 0.200. The summed E-state index contributed by atoms with van der Waals surface area (Å²) in [6.07, 6.45) is 3.47. The van der Waals surface area contributed by atoms with Gasteiger partial charge in [-0.3, -0.25) is 0 Å². The van der Waals surface area contributed by atoms with Crippen molar-refractivity contribution < 1.29 is 0 Å². The molecule has 0 atom stereocenters. The molecule has 0 radical (unpaired) electrons. The topological polar surface area (TPSA) is 30.7 Å². The van der Waals surface area contributed by atoms with Crippen LogP contribution in [0.25, 0.3) is 21.6 Å². The van der Waals surface area contributed by atoms with Gasteiger partial charge in [0, 0.05) is 4.88 Å². The Morgan fingerprint density at radius 2 is 2.11 bits per heavy atom. The maximum Gasteiger partial charge on any atom is 0.120 e. The van der Waals surface area contributed by atoms with E-state index in [1.807, 2.05) is 22.9 Å². The minimum absolute atomic E-state index is 0.938. The number of aryl methyl sites for hydroxylation is 1. The molecule has 4 heteroatoms. The summed E-state index contributed by atoms with van der Waals surface area (Å²) in [6, 6.07) is 10.3. The van der Waals surface area contributed by atoms with Gasteiger partial charge in [0.15, 0.2) is 0 Å². The molecule has 0 amide bonds. The minimum Gasteiger partial charge on any atom is -0.203 e. The summed E-state index contributed by atoms with van der Waals surface area (Å²) in [5.41, 5.74) is 4.68. The van der Waals surface area contributed by atoms with Crippen LogP contribution in [-0.2, 0) is 6.42 Å². The van der Waals surface area contributed by atoms with Crippen LogP contribution < -0.4 is 0 Å². The molecule has 2 heterocycles. The van der Waals surface area contributed by atoms with Crippen LogP contribution in [0.5, 0.6) is 0 Å². The van der Waals surface area contributed by atoms with Gasteiger partial charge in [-0.05, 0) is 48.6 Å². The van der Waals surface area contributed by atoms with Crippen molar-refractivity contribution in [3.8, 4) is 5.00 Å². The molecular formula is C15H13N3S. The van der Waals surface area contributed by atoms with Crippen molar-refractivity contribution in [1.29, 1.82) is 0 Å². The average Bonchev–Trinajstić information content (AvgIpc) is 3.02. The van der Waals surface area contributed by atoms with Crippen molar-refractivity contribution in [3.05, 3.63) is 47.4 Å². The molecule has 0 aliphatic heterocycles. The second-order valence-electron chi connectivity index (χ2n) is 4.89. The van der Waals surface area contributed by atoms with Crippen molar-refractivity contribution in [2.75, 3.05) is 0 Å². The average molecular weight is 267 g/mol. The summed E-state index contributed by atoms with van der Waals surface area (Å²) in [7, 11) is 0. The zero-order valence-corrected chi connectivity index (χ0v) is 11.3. The number of hydrogen-bond acceptors (Lipinski definition) is 3. The molecule has 2 aromatic heterocycles. The second-order valence-corrected chi connectivity index (χ2v) is 5.92. The van der Waals surface area contributed by atoms with E-state index in [0.29, 0.717) is 0 Å². The van der Waals surface area contributed by atoms with Crippen LogP contribution in [0.3, 0.4) is 0 Å². The Bertz CT molecular complexity index is 782. The van der Waals surface area contributed by atoms with E-state index in [4.69, 9.17) is 0 Å². The van der Waals surface area contributed by atoms with Gasteiger partial charge in [-0.2, -0.15) is 0 Å². The highest BCUT2D eigenvalue weighted by molar-refractivity contribution is 7.15. The molecule has 94 valence electrons. The third-order valence-corrected chi connectivity index (χ3v) is 4.86. The lowest BCUT2D eigenvalue weighted by Crippen LogP contribution is -1.95. The number of rotatable bonds is 1. The molecular weight excluding hydrogens is 254 g/mol. The molecule has 0 unspecified atom stereocenters. The highest BCUT2D eigenvalue weighted by Gasteiger charge is 2.18.